The van der Waals surface area contributed by atoms with Crippen LogP contribution in [0.2, 0.25) is 0 Å². The van der Waals surface area contributed by atoms with Gasteiger partial charge in [0.25, 0.3) is 0 Å². The summed E-state index contributed by atoms with van der Waals surface area (Å²) in [4.78, 5) is 25.0. The van der Waals surface area contributed by atoms with Gasteiger partial charge in [0.2, 0.25) is 0 Å². The molecule has 104 valence electrons. The van der Waals surface area contributed by atoms with E-state index in [0.717, 1.165) is 12.8 Å². The summed E-state index contributed by atoms with van der Waals surface area (Å²) in [5.74, 6) is -1.09. The molecule has 2 N–H and O–H groups in total. The molecule has 0 radical (unpaired) electrons. The Hall–Kier alpha value is -2.05. The first kappa shape index (κ1) is 13.4. The lowest BCUT2D eigenvalue weighted by Gasteiger charge is -2.23. The van der Waals surface area contributed by atoms with Crippen molar-refractivity contribution in [1.82, 2.24) is 20.0 Å². The van der Waals surface area contributed by atoms with Crippen LogP contribution in [-0.4, -0.2) is 44.4 Å². The molecule has 1 unspecified atom stereocenters. The number of aryl methyl sites for hydroxylation is 1. The molecule has 1 aromatic heterocycles. The molecule has 1 atom stereocenters. The number of rotatable bonds is 5. The molecule has 2 amide bonds. The van der Waals surface area contributed by atoms with E-state index < -0.39 is 12.0 Å². The predicted molar refractivity (Wildman–Crippen MR) is 67.5 cm³/mol. The van der Waals surface area contributed by atoms with Gasteiger partial charge in [0.15, 0.2) is 6.04 Å². The van der Waals surface area contributed by atoms with Crippen LogP contribution in [0.4, 0.5) is 4.79 Å². The third-order valence-corrected chi connectivity index (χ3v) is 3.16. The van der Waals surface area contributed by atoms with Crippen molar-refractivity contribution in [3.8, 4) is 0 Å². The van der Waals surface area contributed by atoms with E-state index in [1.807, 2.05) is 6.92 Å². The number of aromatic nitrogens is 2. The van der Waals surface area contributed by atoms with Gasteiger partial charge < -0.3 is 15.3 Å². The summed E-state index contributed by atoms with van der Waals surface area (Å²) >= 11 is 0. The number of nitrogens with one attached hydrogen (secondary N) is 1. The Morgan fingerprint density at radius 2 is 2.32 bits per heavy atom. The van der Waals surface area contributed by atoms with Crippen molar-refractivity contribution in [2.24, 2.45) is 7.05 Å². The molecule has 1 saturated carbocycles. The summed E-state index contributed by atoms with van der Waals surface area (Å²) < 4.78 is 1.51. The van der Waals surface area contributed by atoms with Crippen LogP contribution in [0.15, 0.2) is 12.4 Å². The average molecular weight is 266 g/mol. The largest absolute Gasteiger partial charge is 0.479 e. The maximum atomic E-state index is 12.1. The zero-order chi connectivity index (χ0) is 14.0. The molecule has 0 aromatic carbocycles. The standard InChI is InChI=1S/C12H18N4O3/c1-3-16(9-4-5-9)12(19)14-10(11(17)18)8-6-13-15(2)7-8/h6-7,9-10H,3-5H2,1-2H3,(H,14,19)(H,17,18). The van der Waals surface area contributed by atoms with Gasteiger partial charge in [-0.25, -0.2) is 9.59 Å². The highest BCUT2D eigenvalue weighted by atomic mass is 16.4. The second-order valence-corrected chi connectivity index (χ2v) is 4.69. The van der Waals surface area contributed by atoms with Gasteiger partial charge >= 0.3 is 12.0 Å². The molecule has 0 saturated heterocycles. The number of carboxylic acid groups (broad SMARTS) is 1. The number of nitrogens with zero attached hydrogens (tertiary/aromatic N) is 3. The lowest BCUT2D eigenvalue weighted by molar-refractivity contribution is -0.139. The van der Waals surface area contributed by atoms with E-state index >= 15 is 0 Å². The molecule has 1 aliphatic rings. The molecule has 1 aliphatic carbocycles. The first-order chi connectivity index (χ1) is 9.02. The molecule has 19 heavy (non-hydrogen) atoms. The Kier molecular flexibility index (Phi) is 3.73. The molecular weight excluding hydrogens is 248 g/mol. The molecule has 1 heterocycles. The van der Waals surface area contributed by atoms with E-state index in [9.17, 15) is 14.7 Å². The second-order valence-electron chi connectivity index (χ2n) is 4.69. The van der Waals surface area contributed by atoms with Crippen LogP contribution < -0.4 is 5.32 Å². The molecule has 2 rings (SSSR count). The molecule has 7 nitrogen and oxygen atoms in total. The van der Waals surface area contributed by atoms with E-state index in [4.69, 9.17) is 0 Å². The average Bonchev–Trinajstić information content (AvgIpc) is 3.09. The van der Waals surface area contributed by atoms with Gasteiger partial charge in [-0.3, -0.25) is 4.68 Å². The smallest absolute Gasteiger partial charge is 0.331 e. The Morgan fingerprint density at radius 3 is 2.74 bits per heavy atom. The van der Waals surface area contributed by atoms with Gasteiger partial charge in [0, 0.05) is 31.4 Å². The van der Waals surface area contributed by atoms with Crippen LogP contribution in [0.1, 0.15) is 31.4 Å². The lowest BCUT2D eigenvalue weighted by Crippen LogP contribution is -2.44. The van der Waals surface area contributed by atoms with Gasteiger partial charge in [-0.2, -0.15) is 5.10 Å². The number of urea groups is 1. The summed E-state index contributed by atoms with van der Waals surface area (Å²) in [6, 6.07) is -1.14. The summed E-state index contributed by atoms with van der Waals surface area (Å²) in [5, 5.41) is 15.7. The topological polar surface area (TPSA) is 87.5 Å². The molecular formula is C12H18N4O3. The first-order valence-electron chi connectivity index (χ1n) is 6.31. The van der Waals surface area contributed by atoms with Crippen LogP contribution in [0.25, 0.3) is 0 Å². The Bertz CT molecular complexity index is 481. The predicted octanol–water partition coefficient (Wildman–Crippen LogP) is 0.740. The van der Waals surface area contributed by atoms with E-state index in [1.54, 1.807) is 18.1 Å². The quantitative estimate of drug-likeness (QED) is 0.822. The third kappa shape index (κ3) is 3.04. The SMILES string of the molecule is CCN(C(=O)NC(C(=O)O)c1cnn(C)c1)C1CC1. The van der Waals surface area contributed by atoms with Crippen molar-refractivity contribution in [3.05, 3.63) is 18.0 Å². The lowest BCUT2D eigenvalue weighted by atomic mass is 10.1. The third-order valence-electron chi connectivity index (χ3n) is 3.16. The molecule has 0 spiro atoms. The van der Waals surface area contributed by atoms with Crippen molar-refractivity contribution in [2.45, 2.75) is 31.8 Å². The monoisotopic (exact) mass is 266 g/mol. The highest BCUT2D eigenvalue weighted by molar-refractivity contribution is 5.83. The fourth-order valence-corrected chi connectivity index (χ4v) is 2.04. The second kappa shape index (κ2) is 5.29. The minimum Gasteiger partial charge on any atom is -0.479 e. The number of carbonyl (C=O) groups excluding carboxylic acids is 1. The zero-order valence-electron chi connectivity index (χ0n) is 11.0. The normalized spacial score (nSPS) is 15.9. The van der Waals surface area contributed by atoms with Crippen LogP contribution in [0.5, 0.6) is 0 Å². The minimum absolute atomic E-state index is 0.258. The molecule has 0 aliphatic heterocycles. The fourth-order valence-electron chi connectivity index (χ4n) is 2.04. The summed E-state index contributed by atoms with van der Waals surface area (Å²) in [7, 11) is 1.70. The van der Waals surface area contributed by atoms with Gasteiger partial charge in [0.05, 0.1) is 6.20 Å². The summed E-state index contributed by atoms with van der Waals surface area (Å²) in [6.07, 6.45) is 5.02. The Morgan fingerprint density at radius 1 is 1.63 bits per heavy atom. The Balaban J connectivity index is 2.08. The van der Waals surface area contributed by atoms with E-state index in [0.29, 0.717) is 12.1 Å². The Labute approximate surface area is 111 Å². The molecule has 0 bridgehead atoms. The van der Waals surface area contributed by atoms with Crippen molar-refractivity contribution >= 4 is 12.0 Å². The number of carboxylic acids is 1. The van der Waals surface area contributed by atoms with Crippen LogP contribution in [0.3, 0.4) is 0 Å². The molecule has 7 heteroatoms. The van der Waals surface area contributed by atoms with Crippen molar-refractivity contribution < 1.29 is 14.7 Å². The van der Waals surface area contributed by atoms with Crippen LogP contribution >= 0.6 is 0 Å². The minimum atomic E-state index is -1.09. The van der Waals surface area contributed by atoms with E-state index in [2.05, 4.69) is 10.4 Å². The van der Waals surface area contributed by atoms with Gasteiger partial charge in [-0.05, 0) is 19.8 Å². The highest BCUT2D eigenvalue weighted by Gasteiger charge is 2.33. The maximum Gasteiger partial charge on any atom is 0.331 e. The number of amides is 2. The highest BCUT2D eigenvalue weighted by Crippen LogP contribution is 2.27. The van der Waals surface area contributed by atoms with E-state index in [-0.39, 0.29) is 12.1 Å². The number of hydrogen-bond donors (Lipinski definition) is 2. The van der Waals surface area contributed by atoms with Gasteiger partial charge in [-0.1, -0.05) is 0 Å². The van der Waals surface area contributed by atoms with Crippen LogP contribution in [-0.2, 0) is 11.8 Å². The van der Waals surface area contributed by atoms with Gasteiger partial charge in [0.1, 0.15) is 0 Å². The number of hydrogen-bond acceptors (Lipinski definition) is 3. The van der Waals surface area contributed by atoms with Crippen LogP contribution in [0, 0.1) is 0 Å². The summed E-state index contributed by atoms with van der Waals surface area (Å²) in [6.45, 7) is 2.47. The number of carbonyl (C=O) groups is 2. The zero-order valence-corrected chi connectivity index (χ0v) is 11.0. The fraction of sp³-hybridized carbons (Fsp3) is 0.583. The number of aliphatic carboxylic acids is 1. The van der Waals surface area contributed by atoms with Crippen molar-refractivity contribution in [1.29, 1.82) is 0 Å². The van der Waals surface area contributed by atoms with E-state index in [1.165, 1.54) is 10.9 Å². The molecule has 1 fully saturated rings. The van der Waals surface area contributed by atoms with Crippen molar-refractivity contribution in [3.63, 3.8) is 0 Å². The summed E-state index contributed by atoms with van der Waals surface area (Å²) in [5.41, 5.74) is 0.468. The first-order valence-corrected chi connectivity index (χ1v) is 6.31. The maximum absolute atomic E-state index is 12.1. The van der Waals surface area contributed by atoms with Gasteiger partial charge in [-0.15, -0.1) is 0 Å². The molecule has 1 aromatic rings. The van der Waals surface area contributed by atoms with Crippen molar-refractivity contribution in [2.75, 3.05) is 6.54 Å².